The Labute approximate surface area is 149 Å². The normalized spacial score (nSPS) is 12.1. The second-order valence-corrected chi connectivity index (χ2v) is 7.37. The Morgan fingerprint density at radius 3 is 2.38 bits per heavy atom. The van der Waals surface area contributed by atoms with Crippen molar-refractivity contribution < 1.29 is 26.4 Å². The molecule has 3 N–H and O–H groups in total. The highest BCUT2D eigenvalue weighted by Gasteiger charge is 2.30. The molecular weight excluding hydrogens is 369 g/mol. The molecular formula is C17H17F3N2O3S. The van der Waals surface area contributed by atoms with Gasteiger partial charge < -0.3 is 5.32 Å². The second kappa shape index (κ2) is 7.08. The van der Waals surface area contributed by atoms with Crippen LogP contribution in [0.2, 0.25) is 0 Å². The van der Waals surface area contributed by atoms with Crippen LogP contribution < -0.4 is 10.5 Å². The lowest BCUT2D eigenvalue weighted by molar-refractivity contribution is -0.137. The average Bonchev–Trinajstić information content (AvgIpc) is 2.53. The van der Waals surface area contributed by atoms with E-state index in [2.05, 4.69) is 5.32 Å². The summed E-state index contributed by atoms with van der Waals surface area (Å²) >= 11 is 0. The number of aryl methyl sites for hydroxylation is 1. The molecule has 2 aromatic rings. The van der Waals surface area contributed by atoms with Crippen LogP contribution in [0.25, 0.3) is 0 Å². The van der Waals surface area contributed by atoms with Crippen LogP contribution in [0.15, 0.2) is 41.3 Å². The number of halogens is 3. The minimum Gasteiger partial charge on any atom is -0.348 e. The Hall–Kier alpha value is -2.39. The summed E-state index contributed by atoms with van der Waals surface area (Å²) in [7, 11) is -4.01. The number of amides is 1. The molecule has 2 rings (SSSR count). The number of primary sulfonamides is 1. The maximum absolute atomic E-state index is 12.7. The van der Waals surface area contributed by atoms with Crippen LogP contribution >= 0.6 is 0 Å². The lowest BCUT2D eigenvalue weighted by Gasteiger charge is -2.12. The Morgan fingerprint density at radius 2 is 1.81 bits per heavy atom. The van der Waals surface area contributed by atoms with E-state index in [0.717, 1.165) is 18.2 Å². The van der Waals surface area contributed by atoms with E-state index in [-0.39, 0.29) is 22.6 Å². The van der Waals surface area contributed by atoms with E-state index in [1.165, 1.54) is 18.2 Å². The third kappa shape index (κ3) is 4.61. The van der Waals surface area contributed by atoms with Crippen LogP contribution in [-0.4, -0.2) is 14.3 Å². The number of alkyl halides is 3. The van der Waals surface area contributed by atoms with Gasteiger partial charge in [-0.1, -0.05) is 12.1 Å². The largest absolute Gasteiger partial charge is 0.416 e. The lowest BCUT2D eigenvalue weighted by Crippen LogP contribution is -2.24. The van der Waals surface area contributed by atoms with Crippen LogP contribution in [0.4, 0.5) is 13.2 Å². The number of nitrogens with two attached hydrogens (primary N) is 1. The summed E-state index contributed by atoms with van der Waals surface area (Å²) in [5, 5.41) is 7.63. The van der Waals surface area contributed by atoms with Crippen molar-refractivity contribution in [3.63, 3.8) is 0 Å². The zero-order valence-electron chi connectivity index (χ0n) is 14.0. The van der Waals surface area contributed by atoms with E-state index >= 15 is 0 Å². The van der Waals surface area contributed by atoms with Crippen LogP contribution in [0.5, 0.6) is 0 Å². The van der Waals surface area contributed by atoms with E-state index in [9.17, 15) is 26.4 Å². The van der Waals surface area contributed by atoms with Crippen molar-refractivity contribution >= 4 is 15.9 Å². The van der Waals surface area contributed by atoms with Gasteiger partial charge in [0.15, 0.2) is 0 Å². The van der Waals surface area contributed by atoms with Gasteiger partial charge in [-0.25, -0.2) is 13.6 Å². The van der Waals surface area contributed by atoms with E-state index < -0.39 is 27.7 Å². The molecule has 0 saturated carbocycles. The van der Waals surface area contributed by atoms with Gasteiger partial charge in [0, 0.05) is 12.1 Å². The SMILES string of the molecule is Cc1cc(C(=O)NCc2cccc(C(F)(F)F)c2)cc(S(N)(=O)=O)c1C. The van der Waals surface area contributed by atoms with Gasteiger partial charge in [-0.2, -0.15) is 13.2 Å². The van der Waals surface area contributed by atoms with Gasteiger partial charge >= 0.3 is 6.18 Å². The monoisotopic (exact) mass is 386 g/mol. The number of rotatable bonds is 4. The molecule has 26 heavy (non-hydrogen) atoms. The number of carbonyl (C=O) groups is 1. The standard InChI is InChI=1S/C17H17F3N2O3S/c1-10-6-13(8-15(11(10)2)26(21,24)25)16(23)22-9-12-4-3-5-14(7-12)17(18,19)20/h3-8H,9H2,1-2H3,(H,22,23)(H2,21,24,25). The predicted molar refractivity (Wildman–Crippen MR) is 89.9 cm³/mol. The maximum atomic E-state index is 12.7. The number of benzene rings is 2. The smallest absolute Gasteiger partial charge is 0.348 e. The van der Waals surface area contributed by atoms with Gasteiger partial charge in [-0.3, -0.25) is 4.79 Å². The predicted octanol–water partition coefficient (Wildman–Crippen LogP) is 2.90. The van der Waals surface area contributed by atoms with Gasteiger partial charge in [0.05, 0.1) is 10.5 Å². The molecule has 0 aromatic heterocycles. The molecule has 140 valence electrons. The molecule has 1 amide bonds. The Kier molecular flexibility index (Phi) is 5.43. The van der Waals surface area contributed by atoms with E-state index in [1.807, 2.05) is 0 Å². The molecule has 2 aromatic carbocycles. The molecule has 0 aliphatic rings. The quantitative estimate of drug-likeness (QED) is 0.847. The Balaban J connectivity index is 2.23. The van der Waals surface area contributed by atoms with Crippen molar-refractivity contribution in [2.24, 2.45) is 5.14 Å². The first-order valence-electron chi connectivity index (χ1n) is 7.48. The Bertz CT molecular complexity index is 954. The molecule has 0 fully saturated rings. The van der Waals surface area contributed by atoms with Crippen molar-refractivity contribution in [1.29, 1.82) is 0 Å². The van der Waals surface area contributed by atoms with Crippen molar-refractivity contribution in [3.8, 4) is 0 Å². The molecule has 9 heteroatoms. The van der Waals surface area contributed by atoms with Crippen molar-refractivity contribution in [2.75, 3.05) is 0 Å². The number of hydrogen-bond acceptors (Lipinski definition) is 3. The highest BCUT2D eigenvalue weighted by atomic mass is 32.2. The minimum atomic E-state index is -4.47. The fraction of sp³-hybridized carbons (Fsp3) is 0.235. The summed E-state index contributed by atoms with van der Waals surface area (Å²) in [6.07, 6.45) is -4.47. The highest BCUT2D eigenvalue weighted by Crippen LogP contribution is 2.29. The molecule has 0 atom stereocenters. The van der Waals surface area contributed by atoms with Gasteiger partial charge in [0.1, 0.15) is 0 Å². The summed E-state index contributed by atoms with van der Waals surface area (Å²) in [6.45, 7) is 3.06. The zero-order valence-corrected chi connectivity index (χ0v) is 14.8. The van der Waals surface area contributed by atoms with E-state index in [4.69, 9.17) is 5.14 Å². The first-order chi connectivity index (χ1) is 11.9. The number of nitrogens with one attached hydrogen (secondary N) is 1. The summed E-state index contributed by atoms with van der Waals surface area (Å²) in [6, 6.07) is 7.22. The summed E-state index contributed by atoms with van der Waals surface area (Å²) in [5.74, 6) is -0.615. The number of hydrogen-bond donors (Lipinski definition) is 2. The molecule has 0 aliphatic carbocycles. The summed E-state index contributed by atoms with van der Waals surface area (Å²) in [4.78, 5) is 12.1. The Morgan fingerprint density at radius 1 is 1.15 bits per heavy atom. The van der Waals surface area contributed by atoms with Crippen LogP contribution in [0.3, 0.4) is 0 Å². The topological polar surface area (TPSA) is 89.3 Å². The molecule has 0 unspecified atom stereocenters. The first-order valence-corrected chi connectivity index (χ1v) is 9.02. The van der Waals surface area contributed by atoms with E-state index in [1.54, 1.807) is 13.8 Å². The van der Waals surface area contributed by atoms with Gasteiger partial charge in [-0.05, 0) is 54.8 Å². The van der Waals surface area contributed by atoms with Gasteiger partial charge in [0.2, 0.25) is 10.0 Å². The molecule has 0 radical (unpaired) electrons. The van der Waals surface area contributed by atoms with Gasteiger partial charge in [-0.15, -0.1) is 0 Å². The molecule has 0 heterocycles. The van der Waals surface area contributed by atoms with Crippen molar-refractivity contribution in [1.82, 2.24) is 5.32 Å². The fourth-order valence-corrected chi connectivity index (χ4v) is 3.27. The molecule has 0 bridgehead atoms. The molecule has 0 spiro atoms. The van der Waals surface area contributed by atoms with E-state index in [0.29, 0.717) is 11.1 Å². The third-order valence-corrected chi connectivity index (χ3v) is 4.93. The molecule has 5 nitrogen and oxygen atoms in total. The first kappa shape index (κ1) is 19.9. The number of sulfonamides is 1. The fourth-order valence-electron chi connectivity index (χ4n) is 2.40. The third-order valence-electron chi connectivity index (χ3n) is 3.90. The van der Waals surface area contributed by atoms with Crippen molar-refractivity contribution in [2.45, 2.75) is 31.5 Å². The molecule has 0 aliphatic heterocycles. The van der Waals surface area contributed by atoms with Crippen LogP contribution in [-0.2, 0) is 22.7 Å². The zero-order chi connectivity index (χ0) is 19.7. The average molecular weight is 386 g/mol. The maximum Gasteiger partial charge on any atom is 0.416 e. The second-order valence-electron chi connectivity index (χ2n) is 5.84. The minimum absolute atomic E-state index is 0.0594. The van der Waals surface area contributed by atoms with Crippen LogP contribution in [0.1, 0.15) is 32.6 Å². The molecule has 0 saturated heterocycles. The summed E-state index contributed by atoms with van der Waals surface area (Å²) < 4.78 is 61.4. The number of carbonyl (C=O) groups excluding carboxylic acids is 1. The van der Waals surface area contributed by atoms with Gasteiger partial charge in [0.25, 0.3) is 5.91 Å². The van der Waals surface area contributed by atoms with Crippen molar-refractivity contribution in [3.05, 3.63) is 64.2 Å². The summed E-state index contributed by atoms with van der Waals surface area (Å²) in [5.41, 5.74) is 0.502. The van der Waals surface area contributed by atoms with Crippen LogP contribution in [0, 0.1) is 13.8 Å². The lowest BCUT2D eigenvalue weighted by atomic mass is 10.1. The highest BCUT2D eigenvalue weighted by molar-refractivity contribution is 7.89.